The Hall–Kier alpha value is -1.13. The Kier molecular flexibility index (Phi) is 4.35. The van der Waals surface area contributed by atoms with Gasteiger partial charge in [0.05, 0.1) is 7.11 Å². The lowest BCUT2D eigenvalue weighted by atomic mass is 10.1. The van der Waals surface area contributed by atoms with Gasteiger partial charge in [-0.1, -0.05) is 13.0 Å². The van der Waals surface area contributed by atoms with Crippen LogP contribution in [0.4, 0.5) is 0 Å². The van der Waals surface area contributed by atoms with Crippen molar-refractivity contribution in [1.29, 1.82) is 0 Å². The average molecular weight is 195 g/mol. The van der Waals surface area contributed by atoms with Crippen LogP contribution in [0, 0.1) is 0 Å². The van der Waals surface area contributed by atoms with E-state index in [1.165, 1.54) is 0 Å². The van der Waals surface area contributed by atoms with Crippen LogP contribution in [0.2, 0.25) is 0 Å². The first-order valence-corrected chi connectivity index (χ1v) is 4.75. The van der Waals surface area contributed by atoms with E-state index in [0.29, 0.717) is 11.9 Å². The zero-order valence-electron chi connectivity index (χ0n) is 8.66. The second-order valence-electron chi connectivity index (χ2n) is 3.18. The topological polar surface area (TPSA) is 60.2 Å². The largest absolute Gasteiger partial charge is 0.481 e. The highest BCUT2D eigenvalue weighted by molar-refractivity contribution is 5.18. The van der Waals surface area contributed by atoms with Crippen LogP contribution in [0.25, 0.3) is 0 Å². The predicted molar refractivity (Wildman–Crippen MR) is 55.9 cm³/mol. The summed E-state index contributed by atoms with van der Waals surface area (Å²) < 4.78 is 4.98. The normalized spacial score (nSPS) is 12.5. The molecule has 14 heavy (non-hydrogen) atoms. The lowest BCUT2D eigenvalue weighted by Gasteiger charge is -2.12. The monoisotopic (exact) mass is 195 g/mol. The molecule has 1 aromatic rings. The van der Waals surface area contributed by atoms with Gasteiger partial charge in [0.15, 0.2) is 0 Å². The molecule has 0 saturated heterocycles. The molecule has 0 fully saturated rings. The Labute approximate surface area is 84.4 Å². The third-order valence-electron chi connectivity index (χ3n) is 2.22. The van der Waals surface area contributed by atoms with Crippen LogP contribution < -0.4 is 16.0 Å². The molecule has 0 amide bonds. The highest BCUT2D eigenvalue weighted by Crippen LogP contribution is 2.09. The Bertz CT molecular complexity index is 257. The molecule has 0 aliphatic heterocycles. The van der Waals surface area contributed by atoms with Crippen molar-refractivity contribution >= 4 is 0 Å². The van der Waals surface area contributed by atoms with E-state index in [9.17, 15) is 0 Å². The van der Waals surface area contributed by atoms with E-state index < -0.39 is 0 Å². The van der Waals surface area contributed by atoms with Gasteiger partial charge in [0, 0.05) is 18.3 Å². The molecule has 1 aromatic heterocycles. The molecule has 78 valence electrons. The molecule has 1 atom stereocenters. The number of methoxy groups -OCH3 is 1. The van der Waals surface area contributed by atoms with Gasteiger partial charge in [0.1, 0.15) is 0 Å². The summed E-state index contributed by atoms with van der Waals surface area (Å²) in [5, 5.41) is 0. The lowest BCUT2D eigenvalue weighted by Crippen LogP contribution is -2.36. The van der Waals surface area contributed by atoms with E-state index in [2.05, 4.69) is 17.3 Å². The van der Waals surface area contributed by atoms with Crippen LogP contribution in [0.5, 0.6) is 5.88 Å². The molecule has 0 saturated carbocycles. The quantitative estimate of drug-likeness (QED) is 0.540. The van der Waals surface area contributed by atoms with Gasteiger partial charge in [-0.2, -0.15) is 0 Å². The maximum atomic E-state index is 5.39. The molecule has 0 radical (unpaired) electrons. The Morgan fingerprint density at radius 1 is 1.57 bits per heavy atom. The van der Waals surface area contributed by atoms with Crippen molar-refractivity contribution in [3.05, 3.63) is 23.9 Å². The minimum absolute atomic E-state index is 0.310. The maximum absolute atomic E-state index is 5.39. The number of aromatic nitrogens is 1. The molecule has 0 aliphatic carbocycles. The van der Waals surface area contributed by atoms with Gasteiger partial charge >= 0.3 is 0 Å². The molecular formula is C10H17N3O. The average Bonchev–Trinajstić information content (AvgIpc) is 2.26. The third-order valence-corrected chi connectivity index (χ3v) is 2.22. The van der Waals surface area contributed by atoms with Crippen molar-refractivity contribution in [3.63, 3.8) is 0 Å². The van der Waals surface area contributed by atoms with Crippen molar-refractivity contribution in [1.82, 2.24) is 10.4 Å². The van der Waals surface area contributed by atoms with Gasteiger partial charge < -0.3 is 4.74 Å². The Balaban J connectivity index is 2.58. The van der Waals surface area contributed by atoms with Gasteiger partial charge in [-0.3, -0.25) is 11.3 Å². The summed E-state index contributed by atoms with van der Waals surface area (Å²) >= 11 is 0. The number of hydrogen-bond donors (Lipinski definition) is 2. The van der Waals surface area contributed by atoms with Crippen molar-refractivity contribution < 1.29 is 4.74 Å². The van der Waals surface area contributed by atoms with Crippen molar-refractivity contribution in [3.8, 4) is 5.88 Å². The van der Waals surface area contributed by atoms with Crippen LogP contribution in [0.1, 0.15) is 18.9 Å². The van der Waals surface area contributed by atoms with Gasteiger partial charge in [-0.15, -0.1) is 0 Å². The van der Waals surface area contributed by atoms with E-state index in [4.69, 9.17) is 10.6 Å². The number of ether oxygens (including phenoxy) is 1. The number of nitrogens with one attached hydrogen (secondary N) is 1. The van der Waals surface area contributed by atoms with E-state index in [0.717, 1.165) is 18.4 Å². The first-order chi connectivity index (χ1) is 6.80. The second kappa shape index (κ2) is 5.57. The number of pyridine rings is 1. The highest BCUT2D eigenvalue weighted by Gasteiger charge is 2.04. The minimum atomic E-state index is 0.310. The standard InChI is InChI=1S/C10H17N3O/c1-3-9(13-11)6-8-4-5-10(14-2)12-7-8/h4-5,7,9,13H,3,6,11H2,1-2H3. The number of hydrazine groups is 1. The molecule has 0 bridgehead atoms. The van der Waals surface area contributed by atoms with Crippen LogP contribution in [-0.2, 0) is 6.42 Å². The maximum Gasteiger partial charge on any atom is 0.212 e. The van der Waals surface area contributed by atoms with Gasteiger partial charge in [-0.25, -0.2) is 4.98 Å². The zero-order valence-corrected chi connectivity index (χ0v) is 8.66. The van der Waals surface area contributed by atoms with Crippen molar-refractivity contribution in [2.24, 2.45) is 5.84 Å². The summed E-state index contributed by atoms with van der Waals surface area (Å²) in [6, 6.07) is 4.18. The third kappa shape index (κ3) is 2.97. The summed E-state index contributed by atoms with van der Waals surface area (Å²) in [4.78, 5) is 4.13. The SMILES string of the molecule is CCC(Cc1ccc(OC)nc1)NN. The summed E-state index contributed by atoms with van der Waals surface area (Å²) in [6.07, 6.45) is 3.71. The van der Waals surface area contributed by atoms with E-state index >= 15 is 0 Å². The van der Waals surface area contributed by atoms with E-state index in [1.807, 2.05) is 18.3 Å². The lowest BCUT2D eigenvalue weighted by molar-refractivity contribution is 0.397. The molecular weight excluding hydrogens is 178 g/mol. The van der Waals surface area contributed by atoms with Crippen molar-refractivity contribution in [2.75, 3.05) is 7.11 Å². The number of rotatable bonds is 5. The molecule has 1 unspecified atom stereocenters. The molecule has 1 rings (SSSR count). The smallest absolute Gasteiger partial charge is 0.212 e. The first kappa shape index (κ1) is 10.9. The van der Waals surface area contributed by atoms with Crippen molar-refractivity contribution in [2.45, 2.75) is 25.8 Å². The Morgan fingerprint density at radius 3 is 2.79 bits per heavy atom. The predicted octanol–water partition coefficient (Wildman–Crippen LogP) is 0.875. The molecule has 0 spiro atoms. The van der Waals surface area contributed by atoms with Gasteiger partial charge in [-0.05, 0) is 18.4 Å². The fraction of sp³-hybridized carbons (Fsp3) is 0.500. The second-order valence-corrected chi connectivity index (χ2v) is 3.18. The molecule has 0 aromatic carbocycles. The number of nitrogens with zero attached hydrogens (tertiary/aromatic N) is 1. The van der Waals surface area contributed by atoms with Crippen LogP contribution in [0.15, 0.2) is 18.3 Å². The van der Waals surface area contributed by atoms with E-state index in [1.54, 1.807) is 7.11 Å². The minimum Gasteiger partial charge on any atom is -0.481 e. The molecule has 1 heterocycles. The number of hydrogen-bond acceptors (Lipinski definition) is 4. The number of nitrogens with two attached hydrogens (primary N) is 1. The summed E-state index contributed by atoms with van der Waals surface area (Å²) in [5.74, 6) is 6.03. The van der Waals surface area contributed by atoms with Crippen LogP contribution in [-0.4, -0.2) is 18.1 Å². The fourth-order valence-electron chi connectivity index (χ4n) is 1.26. The molecule has 3 N–H and O–H groups in total. The summed E-state index contributed by atoms with van der Waals surface area (Å²) in [7, 11) is 1.61. The van der Waals surface area contributed by atoms with Crippen LogP contribution in [0.3, 0.4) is 0 Å². The van der Waals surface area contributed by atoms with E-state index in [-0.39, 0.29) is 0 Å². The molecule has 4 nitrogen and oxygen atoms in total. The van der Waals surface area contributed by atoms with Gasteiger partial charge in [0.2, 0.25) is 5.88 Å². The Morgan fingerprint density at radius 2 is 2.36 bits per heavy atom. The zero-order chi connectivity index (χ0) is 10.4. The van der Waals surface area contributed by atoms with Crippen LogP contribution >= 0.6 is 0 Å². The molecule has 0 aliphatic rings. The summed E-state index contributed by atoms with van der Waals surface area (Å²) in [5.41, 5.74) is 3.93. The highest BCUT2D eigenvalue weighted by atomic mass is 16.5. The first-order valence-electron chi connectivity index (χ1n) is 4.75. The fourth-order valence-corrected chi connectivity index (χ4v) is 1.26. The van der Waals surface area contributed by atoms with Gasteiger partial charge in [0.25, 0.3) is 0 Å². The summed E-state index contributed by atoms with van der Waals surface area (Å²) in [6.45, 7) is 2.10. The molecule has 4 heteroatoms.